The van der Waals surface area contributed by atoms with E-state index >= 15 is 0 Å². The fraction of sp³-hybridized carbons (Fsp3) is 0.0588. The number of hydrogen-bond donors (Lipinski definition) is 0. The number of nitrogens with zero attached hydrogens (tertiary/aromatic N) is 1. The van der Waals surface area contributed by atoms with Gasteiger partial charge >= 0.3 is 0 Å². The molecule has 0 unspecified atom stereocenters. The van der Waals surface area contributed by atoms with Gasteiger partial charge in [0, 0.05) is 24.0 Å². The van der Waals surface area contributed by atoms with Crippen molar-refractivity contribution >= 4 is 17.8 Å². The smallest absolute Gasteiger partial charge is 0.0492 e. The molecule has 0 N–H and O–H groups in total. The van der Waals surface area contributed by atoms with Crippen LogP contribution in [-0.2, 0) is 6.54 Å². The van der Waals surface area contributed by atoms with Crippen LogP contribution in [0.15, 0.2) is 54.7 Å². The predicted octanol–water partition coefficient (Wildman–Crippen LogP) is 3.98. The second-order valence-corrected chi connectivity index (χ2v) is 4.76. The van der Waals surface area contributed by atoms with Gasteiger partial charge in [-0.25, -0.2) is 0 Å². The average molecular weight is 231 g/mol. The highest BCUT2D eigenvalue weighted by atomic mass is 15.1. The molecule has 0 amide bonds. The molecule has 0 spiro atoms. The van der Waals surface area contributed by atoms with Gasteiger partial charge in [0.25, 0.3) is 0 Å². The van der Waals surface area contributed by atoms with E-state index in [2.05, 4.69) is 71.8 Å². The second kappa shape index (κ2) is 3.61. The lowest BCUT2D eigenvalue weighted by atomic mass is 10.0. The molecule has 0 aliphatic carbocycles. The highest BCUT2D eigenvalue weighted by Gasteiger charge is 2.22. The lowest BCUT2D eigenvalue weighted by Crippen LogP contribution is -2.05. The van der Waals surface area contributed by atoms with E-state index in [1.54, 1.807) is 0 Å². The summed E-state index contributed by atoms with van der Waals surface area (Å²) in [6.07, 6.45) is 6.68. The SMILES string of the molecule is C1=CN2Cc3ccccc3C2=Cc2ccccc21. The van der Waals surface area contributed by atoms with Crippen molar-refractivity contribution in [2.75, 3.05) is 0 Å². The zero-order valence-corrected chi connectivity index (χ0v) is 10.0. The lowest BCUT2D eigenvalue weighted by molar-refractivity contribution is 0.560. The maximum atomic E-state index is 2.32. The quantitative estimate of drug-likeness (QED) is 0.662. The summed E-state index contributed by atoms with van der Waals surface area (Å²) in [6.45, 7) is 0.979. The van der Waals surface area contributed by atoms with Crippen molar-refractivity contribution < 1.29 is 0 Å². The Balaban J connectivity index is 1.95. The number of benzene rings is 2. The largest absolute Gasteiger partial charge is 0.343 e. The van der Waals surface area contributed by atoms with Crippen molar-refractivity contribution in [3.63, 3.8) is 0 Å². The van der Waals surface area contributed by atoms with E-state index in [1.165, 1.54) is 28.0 Å². The van der Waals surface area contributed by atoms with E-state index in [1.807, 2.05) is 0 Å². The number of hydrogen-bond acceptors (Lipinski definition) is 1. The van der Waals surface area contributed by atoms with Crippen LogP contribution in [0.3, 0.4) is 0 Å². The summed E-state index contributed by atoms with van der Waals surface area (Å²) >= 11 is 0. The topological polar surface area (TPSA) is 3.24 Å². The monoisotopic (exact) mass is 231 g/mol. The van der Waals surface area contributed by atoms with Crippen molar-refractivity contribution in [2.45, 2.75) is 6.54 Å². The molecule has 2 aromatic rings. The summed E-state index contributed by atoms with van der Waals surface area (Å²) in [5, 5.41) is 0. The minimum atomic E-state index is 0.979. The van der Waals surface area contributed by atoms with Crippen LogP contribution >= 0.6 is 0 Å². The molecule has 0 aromatic heterocycles. The molecule has 2 heterocycles. The van der Waals surface area contributed by atoms with Gasteiger partial charge in [-0.15, -0.1) is 0 Å². The molecule has 0 bridgehead atoms. The third kappa shape index (κ3) is 1.34. The maximum absolute atomic E-state index is 2.32. The van der Waals surface area contributed by atoms with Crippen LogP contribution in [0, 0.1) is 0 Å². The summed E-state index contributed by atoms with van der Waals surface area (Å²) < 4.78 is 0. The van der Waals surface area contributed by atoms with Gasteiger partial charge in [0.15, 0.2) is 0 Å². The summed E-state index contributed by atoms with van der Waals surface area (Å²) in [4.78, 5) is 2.32. The Hall–Kier alpha value is -2.28. The lowest BCUT2D eigenvalue weighted by Gasteiger charge is -2.13. The Labute approximate surface area is 107 Å². The second-order valence-electron chi connectivity index (χ2n) is 4.76. The zero-order chi connectivity index (χ0) is 11.9. The minimum Gasteiger partial charge on any atom is -0.343 e. The van der Waals surface area contributed by atoms with Gasteiger partial charge in [0.05, 0.1) is 0 Å². The van der Waals surface area contributed by atoms with Crippen molar-refractivity contribution in [3.8, 4) is 0 Å². The summed E-state index contributed by atoms with van der Waals surface area (Å²) in [7, 11) is 0. The molecule has 18 heavy (non-hydrogen) atoms. The third-order valence-electron chi connectivity index (χ3n) is 3.67. The Bertz CT molecular complexity index is 680. The maximum Gasteiger partial charge on any atom is 0.0492 e. The highest BCUT2D eigenvalue weighted by Crippen LogP contribution is 2.36. The third-order valence-corrected chi connectivity index (χ3v) is 3.67. The van der Waals surface area contributed by atoms with Crippen LogP contribution in [0.2, 0.25) is 0 Å². The molecule has 0 radical (unpaired) electrons. The van der Waals surface area contributed by atoms with Crippen molar-refractivity contribution in [1.29, 1.82) is 0 Å². The molecular weight excluding hydrogens is 218 g/mol. The van der Waals surface area contributed by atoms with E-state index < -0.39 is 0 Å². The van der Waals surface area contributed by atoms with Crippen molar-refractivity contribution in [1.82, 2.24) is 4.90 Å². The predicted molar refractivity (Wildman–Crippen MR) is 75.3 cm³/mol. The fourth-order valence-corrected chi connectivity index (χ4v) is 2.74. The summed E-state index contributed by atoms with van der Waals surface area (Å²) in [5.74, 6) is 0. The van der Waals surface area contributed by atoms with E-state index in [0.29, 0.717) is 0 Å². The van der Waals surface area contributed by atoms with Gasteiger partial charge in [-0.05, 0) is 28.8 Å². The standard InChI is InChI=1S/C17H13N/c1-2-6-14-11-17-16-8-4-3-7-15(16)12-18(17)10-9-13(14)5-1/h1-11H,12H2. The van der Waals surface area contributed by atoms with Crippen LogP contribution < -0.4 is 0 Å². The van der Waals surface area contributed by atoms with Gasteiger partial charge in [0.2, 0.25) is 0 Å². The van der Waals surface area contributed by atoms with Crippen molar-refractivity contribution in [3.05, 3.63) is 77.0 Å². The number of fused-ring (bicyclic) bond motifs is 4. The molecule has 2 aromatic carbocycles. The van der Waals surface area contributed by atoms with Gasteiger partial charge in [-0.1, -0.05) is 48.5 Å². The average Bonchev–Trinajstić information content (AvgIpc) is 2.65. The van der Waals surface area contributed by atoms with Crippen molar-refractivity contribution in [2.24, 2.45) is 0 Å². The van der Waals surface area contributed by atoms with E-state index in [4.69, 9.17) is 0 Å². The van der Waals surface area contributed by atoms with Gasteiger partial charge in [0.1, 0.15) is 0 Å². The Morgan fingerprint density at radius 2 is 1.61 bits per heavy atom. The van der Waals surface area contributed by atoms with Crippen LogP contribution in [-0.4, -0.2) is 4.90 Å². The molecular formula is C17H13N. The fourth-order valence-electron chi connectivity index (χ4n) is 2.74. The van der Waals surface area contributed by atoms with Gasteiger partial charge in [-0.2, -0.15) is 0 Å². The van der Waals surface area contributed by atoms with E-state index in [9.17, 15) is 0 Å². The molecule has 0 saturated carbocycles. The number of rotatable bonds is 0. The molecule has 0 saturated heterocycles. The zero-order valence-electron chi connectivity index (χ0n) is 10.0. The van der Waals surface area contributed by atoms with Gasteiger partial charge in [-0.3, -0.25) is 0 Å². The highest BCUT2D eigenvalue weighted by molar-refractivity contribution is 5.88. The Kier molecular flexibility index (Phi) is 1.95. The first-order valence-corrected chi connectivity index (χ1v) is 6.26. The van der Waals surface area contributed by atoms with E-state index in [0.717, 1.165) is 6.54 Å². The van der Waals surface area contributed by atoms with Crippen LogP contribution in [0.1, 0.15) is 22.3 Å². The molecule has 1 heteroatoms. The molecule has 2 aliphatic heterocycles. The van der Waals surface area contributed by atoms with Gasteiger partial charge < -0.3 is 4.90 Å². The first kappa shape index (κ1) is 9.72. The minimum absolute atomic E-state index is 0.979. The molecule has 0 fully saturated rings. The van der Waals surface area contributed by atoms with Crippen LogP contribution in [0.4, 0.5) is 0 Å². The molecule has 1 nitrogen and oxygen atoms in total. The van der Waals surface area contributed by atoms with E-state index in [-0.39, 0.29) is 0 Å². The molecule has 86 valence electrons. The molecule has 4 rings (SSSR count). The Morgan fingerprint density at radius 1 is 0.833 bits per heavy atom. The van der Waals surface area contributed by atoms with Crippen LogP contribution in [0.25, 0.3) is 17.8 Å². The Morgan fingerprint density at radius 3 is 2.56 bits per heavy atom. The van der Waals surface area contributed by atoms with Crippen LogP contribution in [0.5, 0.6) is 0 Å². The summed E-state index contributed by atoms with van der Waals surface area (Å²) in [5.41, 5.74) is 6.67. The first-order chi connectivity index (χ1) is 8.92. The first-order valence-electron chi connectivity index (χ1n) is 6.26. The summed E-state index contributed by atoms with van der Waals surface area (Å²) in [6, 6.07) is 17.2. The molecule has 0 atom stereocenters. The molecule has 2 aliphatic rings. The normalized spacial score (nSPS) is 15.6.